The zero-order chi connectivity index (χ0) is 20.2. The van der Waals surface area contributed by atoms with Crippen LogP contribution in [0.4, 0.5) is 11.4 Å². The van der Waals surface area contributed by atoms with Crippen molar-refractivity contribution >= 4 is 23.2 Å². The number of nitrogens with zero attached hydrogens (tertiary/aromatic N) is 1. The first kappa shape index (κ1) is 19.5. The number of carbonyl (C=O) groups excluding carboxylic acids is 2. The van der Waals surface area contributed by atoms with Crippen molar-refractivity contribution in [2.24, 2.45) is 11.8 Å². The zero-order valence-corrected chi connectivity index (χ0v) is 16.9. The molecule has 0 bridgehead atoms. The van der Waals surface area contributed by atoms with Crippen molar-refractivity contribution < 1.29 is 14.3 Å². The molecule has 0 radical (unpaired) electrons. The first-order chi connectivity index (χ1) is 14.2. The number of rotatable bonds is 5. The molecule has 5 nitrogen and oxygen atoms in total. The summed E-state index contributed by atoms with van der Waals surface area (Å²) >= 11 is 0. The Labute approximate surface area is 172 Å². The van der Waals surface area contributed by atoms with E-state index in [1.54, 1.807) is 0 Å². The maximum Gasteiger partial charge on any atom is 0.230 e. The lowest BCUT2D eigenvalue weighted by atomic mass is 9.81. The molecule has 29 heavy (non-hydrogen) atoms. The predicted octanol–water partition coefficient (Wildman–Crippen LogP) is 4.42. The monoisotopic (exact) mass is 392 g/mol. The van der Waals surface area contributed by atoms with E-state index in [1.807, 2.05) is 54.3 Å². The molecule has 1 heterocycles. The van der Waals surface area contributed by atoms with Gasteiger partial charge >= 0.3 is 0 Å². The predicted molar refractivity (Wildman–Crippen MR) is 114 cm³/mol. The van der Waals surface area contributed by atoms with Crippen molar-refractivity contribution in [3.63, 3.8) is 0 Å². The molecule has 152 valence electrons. The molecule has 1 aliphatic heterocycles. The Morgan fingerprint density at radius 1 is 1.00 bits per heavy atom. The summed E-state index contributed by atoms with van der Waals surface area (Å²) in [5.41, 5.74) is 3.03. The number of fused-ring (bicyclic) bond motifs is 1. The fourth-order valence-electron chi connectivity index (χ4n) is 4.48. The van der Waals surface area contributed by atoms with Crippen LogP contribution in [0.5, 0.6) is 5.75 Å². The van der Waals surface area contributed by atoms with Crippen LogP contribution in [0.3, 0.4) is 0 Å². The second kappa shape index (κ2) is 8.68. The number of nitrogens with one attached hydrogen (secondary N) is 1. The third-order valence-electron chi connectivity index (χ3n) is 6.05. The van der Waals surface area contributed by atoms with Crippen molar-refractivity contribution in [3.8, 4) is 5.75 Å². The van der Waals surface area contributed by atoms with Gasteiger partial charge in [0, 0.05) is 24.1 Å². The molecule has 0 aromatic heterocycles. The van der Waals surface area contributed by atoms with E-state index in [-0.39, 0.29) is 23.7 Å². The Bertz CT molecular complexity index is 887. The van der Waals surface area contributed by atoms with Gasteiger partial charge in [0.05, 0.1) is 12.3 Å². The van der Waals surface area contributed by atoms with Crippen LogP contribution in [0.25, 0.3) is 0 Å². The molecule has 5 heteroatoms. The topological polar surface area (TPSA) is 58.6 Å². The largest absolute Gasteiger partial charge is 0.492 e. The third-order valence-corrected chi connectivity index (χ3v) is 6.05. The molecular weight excluding hydrogens is 364 g/mol. The molecule has 4 rings (SSSR count). The number of hydrogen-bond donors (Lipinski definition) is 1. The molecule has 2 aromatic carbocycles. The normalized spacial score (nSPS) is 20.8. The summed E-state index contributed by atoms with van der Waals surface area (Å²) in [7, 11) is 0. The maximum atomic E-state index is 13.1. The Morgan fingerprint density at radius 2 is 1.69 bits per heavy atom. The Kier molecular flexibility index (Phi) is 5.84. The van der Waals surface area contributed by atoms with Gasteiger partial charge in [0.15, 0.2) is 0 Å². The molecule has 1 N–H and O–H groups in total. The molecule has 2 aromatic rings. The number of hydrogen-bond acceptors (Lipinski definition) is 3. The molecule has 0 saturated heterocycles. The van der Waals surface area contributed by atoms with Gasteiger partial charge in [-0.2, -0.15) is 0 Å². The van der Waals surface area contributed by atoms with E-state index < -0.39 is 0 Å². The standard InChI is InChI=1S/C24H28N2O3/c1-2-29-22-10-6-4-8-20(22)25-23(27)18-11-13-19(14-12-18)24(28)26-16-15-17-7-3-5-9-21(17)26/h3-10,18-19H,2,11-16H2,1H3,(H,25,27). The molecule has 0 unspecified atom stereocenters. The van der Waals surface area contributed by atoms with Crippen LogP contribution in [0.15, 0.2) is 48.5 Å². The van der Waals surface area contributed by atoms with Crippen molar-refractivity contribution in [2.75, 3.05) is 23.4 Å². The highest BCUT2D eigenvalue weighted by Gasteiger charge is 2.34. The van der Waals surface area contributed by atoms with E-state index in [0.29, 0.717) is 18.0 Å². The Balaban J connectivity index is 1.34. The lowest BCUT2D eigenvalue weighted by Gasteiger charge is -2.30. The van der Waals surface area contributed by atoms with E-state index in [9.17, 15) is 9.59 Å². The summed E-state index contributed by atoms with van der Waals surface area (Å²) in [5, 5.41) is 3.02. The minimum atomic E-state index is -0.0559. The van der Waals surface area contributed by atoms with Gasteiger partial charge in [-0.25, -0.2) is 0 Å². The highest BCUT2D eigenvalue weighted by Crippen LogP contribution is 2.35. The molecule has 2 amide bonds. The van der Waals surface area contributed by atoms with E-state index in [1.165, 1.54) is 5.56 Å². The Morgan fingerprint density at radius 3 is 2.48 bits per heavy atom. The van der Waals surface area contributed by atoms with Gasteiger partial charge in [0.2, 0.25) is 11.8 Å². The second-order valence-electron chi connectivity index (χ2n) is 7.84. The molecule has 1 aliphatic carbocycles. The second-order valence-corrected chi connectivity index (χ2v) is 7.84. The van der Waals surface area contributed by atoms with Crippen molar-refractivity contribution in [3.05, 3.63) is 54.1 Å². The lowest BCUT2D eigenvalue weighted by molar-refractivity contribution is -0.126. The average molecular weight is 392 g/mol. The molecule has 1 fully saturated rings. The summed E-state index contributed by atoms with van der Waals surface area (Å²) in [6, 6.07) is 15.7. The fraction of sp³-hybridized carbons (Fsp3) is 0.417. The van der Waals surface area contributed by atoms with Crippen molar-refractivity contribution in [1.29, 1.82) is 0 Å². The SMILES string of the molecule is CCOc1ccccc1NC(=O)C1CCC(C(=O)N2CCc3ccccc32)CC1. The van der Waals surface area contributed by atoms with Crippen LogP contribution in [0, 0.1) is 11.8 Å². The quantitative estimate of drug-likeness (QED) is 0.819. The minimum Gasteiger partial charge on any atom is -0.492 e. The van der Waals surface area contributed by atoms with Crippen molar-refractivity contribution in [2.45, 2.75) is 39.0 Å². The molecule has 1 saturated carbocycles. The first-order valence-electron chi connectivity index (χ1n) is 10.6. The summed E-state index contributed by atoms with van der Waals surface area (Å²) in [6.45, 7) is 3.25. The third kappa shape index (κ3) is 4.14. The highest BCUT2D eigenvalue weighted by molar-refractivity contribution is 5.97. The van der Waals surface area contributed by atoms with Gasteiger partial charge in [-0.15, -0.1) is 0 Å². The van der Waals surface area contributed by atoms with Crippen LogP contribution in [-0.4, -0.2) is 25.0 Å². The molecule has 0 spiro atoms. The fourth-order valence-corrected chi connectivity index (χ4v) is 4.48. The number of benzene rings is 2. The van der Waals surface area contributed by atoms with Crippen LogP contribution in [0.2, 0.25) is 0 Å². The van der Waals surface area contributed by atoms with Gasteiger partial charge in [-0.05, 0) is 62.8 Å². The number of carbonyl (C=O) groups is 2. The number of amides is 2. The Hall–Kier alpha value is -2.82. The van der Waals surface area contributed by atoms with Gasteiger partial charge in [0.25, 0.3) is 0 Å². The highest BCUT2D eigenvalue weighted by atomic mass is 16.5. The van der Waals surface area contributed by atoms with Gasteiger partial charge in [0.1, 0.15) is 5.75 Å². The smallest absolute Gasteiger partial charge is 0.230 e. The van der Waals surface area contributed by atoms with E-state index in [2.05, 4.69) is 11.4 Å². The maximum absolute atomic E-state index is 13.1. The minimum absolute atomic E-state index is 0.0147. The summed E-state index contributed by atoms with van der Waals surface area (Å²) in [4.78, 5) is 27.8. The van der Waals surface area contributed by atoms with Gasteiger partial charge in [-0.3, -0.25) is 9.59 Å². The summed E-state index contributed by atoms with van der Waals surface area (Å²) in [5.74, 6) is 0.894. The van der Waals surface area contributed by atoms with Gasteiger partial charge < -0.3 is 15.0 Å². The van der Waals surface area contributed by atoms with Gasteiger partial charge in [-0.1, -0.05) is 30.3 Å². The summed E-state index contributed by atoms with van der Waals surface area (Å²) < 4.78 is 5.59. The zero-order valence-electron chi connectivity index (χ0n) is 16.9. The molecule has 2 aliphatic rings. The first-order valence-corrected chi connectivity index (χ1v) is 10.6. The van der Waals surface area contributed by atoms with E-state index in [4.69, 9.17) is 4.74 Å². The number of para-hydroxylation sites is 3. The van der Waals surface area contributed by atoms with E-state index >= 15 is 0 Å². The molecular formula is C24H28N2O3. The van der Waals surface area contributed by atoms with Crippen LogP contribution in [-0.2, 0) is 16.0 Å². The van der Waals surface area contributed by atoms with E-state index in [0.717, 1.165) is 44.3 Å². The van der Waals surface area contributed by atoms with Crippen LogP contribution < -0.4 is 15.0 Å². The number of anilines is 2. The van der Waals surface area contributed by atoms with Crippen molar-refractivity contribution in [1.82, 2.24) is 0 Å². The summed E-state index contributed by atoms with van der Waals surface area (Å²) in [6.07, 6.45) is 3.95. The number of ether oxygens (including phenoxy) is 1. The lowest BCUT2D eigenvalue weighted by Crippen LogP contribution is -2.38. The van der Waals surface area contributed by atoms with Crippen LogP contribution >= 0.6 is 0 Å². The van der Waals surface area contributed by atoms with Crippen LogP contribution in [0.1, 0.15) is 38.2 Å². The average Bonchev–Trinajstić information content (AvgIpc) is 3.19. The molecule has 0 atom stereocenters.